The van der Waals surface area contributed by atoms with Gasteiger partial charge >= 0.3 is 5.97 Å². The molecule has 18 heavy (non-hydrogen) atoms. The lowest BCUT2D eigenvalue weighted by molar-refractivity contribution is -0.144. The van der Waals surface area contributed by atoms with Crippen molar-refractivity contribution >= 4 is 30.8 Å². The Bertz CT molecular complexity index is 163. The van der Waals surface area contributed by atoms with Gasteiger partial charge in [0.05, 0.1) is 6.61 Å². The first-order valence-corrected chi connectivity index (χ1v) is 5.66. The van der Waals surface area contributed by atoms with Crippen LogP contribution in [0.5, 0.6) is 0 Å². The van der Waals surface area contributed by atoms with Gasteiger partial charge in [0.2, 0.25) is 0 Å². The normalized spacial score (nSPS) is 10.1. The number of hydrogen-bond donors (Lipinski definition) is 4. The second-order valence-electron chi connectivity index (χ2n) is 3.22. The zero-order chi connectivity index (χ0) is 12.8. The van der Waals surface area contributed by atoms with Gasteiger partial charge < -0.3 is 27.7 Å². The Morgan fingerprint density at radius 1 is 1.06 bits per heavy atom. The molecule has 0 amide bonds. The van der Waals surface area contributed by atoms with Gasteiger partial charge in [-0.1, -0.05) is 6.42 Å². The van der Waals surface area contributed by atoms with Gasteiger partial charge in [0.15, 0.2) is 0 Å². The summed E-state index contributed by atoms with van der Waals surface area (Å²) in [6, 6.07) is -0.475. The Morgan fingerprint density at radius 3 is 1.89 bits per heavy atom. The molecule has 6 nitrogen and oxygen atoms in total. The van der Waals surface area contributed by atoms with Crippen molar-refractivity contribution in [2.24, 2.45) is 22.9 Å². The Labute approximate surface area is 122 Å². The number of esters is 1. The van der Waals surface area contributed by atoms with Crippen molar-refractivity contribution in [1.82, 2.24) is 0 Å². The summed E-state index contributed by atoms with van der Waals surface area (Å²) in [6.07, 6.45) is 2.46. The number of halogens is 2. The maximum atomic E-state index is 11.0. The van der Waals surface area contributed by atoms with Gasteiger partial charge in [0.1, 0.15) is 6.04 Å². The summed E-state index contributed by atoms with van der Waals surface area (Å²) < 4.78 is 4.74. The van der Waals surface area contributed by atoms with E-state index in [9.17, 15) is 4.79 Å². The quantitative estimate of drug-likeness (QED) is 0.379. The monoisotopic (exact) mass is 306 g/mol. The fourth-order valence-corrected chi connectivity index (χ4v) is 0.876. The van der Waals surface area contributed by atoms with Gasteiger partial charge in [-0.15, -0.1) is 24.8 Å². The molecule has 0 bridgehead atoms. The van der Waals surface area contributed by atoms with Crippen molar-refractivity contribution in [2.45, 2.75) is 32.2 Å². The third kappa shape index (κ3) is 21.2. The van der Waals surface area contributed by atoms with Crippen molar-refractivity contribution in [3.63, 3.8) is 0 Å². The topological polar surface area (TPSA) is 130 Å². The van der Waals surface area contributed by atoms with Crippen LogP contribution in [0.1, 0.15) is 26.2 Å². The van der Waals surface area contributed by atoms with Crippen molar-refractivity contribution in [3.05, 3.63) is 0 Å². The van der Waals surface area contributed by atoms with Crippen LogP contribution in [-0.2, 0) is 9.53 Å². The van der Waals surface area contributed by atoms with Crippen LogP contribution in [-0.4, -0.2) is 38.3 Å². The zero-order valence-corrected chi connectivity index (χ0v) is 12.6. The van der Waals surface area contributed by atoms with Crippen LogP contribution in [0.4, 0.5) is 0 Å². The summed E-state index contributed by atoms with van der Waals surface area (Å²) in [4.78, 5) is 11.0. The van der Waals surface area contributed by atoms with Crippen LogP contribution in [0.3, 0.4) is 0 Å². The Morgan fingerprint density at radius 2 is 1.56 bits per heavy atom. The van der Waals surface area contributed by atoms with E-state index >= 15 is 0 Å². The molecule has 8 N–H and O–H groups in total. The van der Waals surface area contributed by atoms with E-state index in [1.165, 1.54) is 0 Å². The molecule has 0 rings (SSSR count). The van der Waals surface area contributed by atoms with Gasteiger partial charge in [0, 0.05) is 13.1 Å². The molecule has 0 aliphatic rings. The van der Waals surface area contributed by atoms with Crippen LogP contribution in [0, 0.1) is 0 Å². The minimum Gasteiger partial charge on any atom is -0.465 e. The average Bonchev–Trinajstić information content (AvgIpc) is 2.30. The van der Waals surface area contributed by atoms with Crippen LogP contribution in [0.25, 0.3) is 0 Å². The molecule has 0 saturated carbocycles. The molecule has 0 aromatic heterocycles. The third-order valence-corrected chi connectivity index (χ3v) is 1.73. The van der Waals surface area contributed by atoms with Crippen molar-refractivity contribution < 1.29 is 9.53 Å². The summed E-state index contributed by atoms with van der Waals surface area (Å²) in [7, 11) is 0. The third-order valence-electron chi connectivity index (χ3n) is 1.73. The van der Waals surface area contributed by atoms with E-state index in [-0.39, 0.29) is 30.8 Å². The number of unbranched alkanes of at least 4 members (excludes halogenated alkanes) is 1. The molecule has 0 fully saturated rings. The lowest BCUT2D eigenvalue weighted by atomic mass is 10.1. The molecule has 0 heterocycles. The first kappa shape index (κ1) is 26.5. The fraction of sp³-hybridized carbons (Fsp3) is 0.900. The first-order valence-electron chi connectivity index (χ1n) is 5.66. The smallest absolute Gasteiger partial charge is 0.322 e. The molecule has 8 heteroatoms. The summed E-state index contributed by atoms with van der Waals surface area (Å²) in [5, 5.41) is 0. The molecule has 0 spiro atoms. The van der Waals surface area contributed by atoms with Gasteiger partial charge in [-0.25, -0.2) is 0 Å². The molecule has 0 aliphatic heterocycles. The van der Waals surface area contributed by atoms with E-state index in [2.05, 4.69) is 0 Å². The number of hydrogen-bond acceptors (Lipinski definition) is 6. The van der Waals surface area contributed by atoms with E-state index in [0.29, 0.717) is 32.7 Å². The molecule has 0 saturated heterocycles. The summed E-state index contributed by atoms with van der Waals surface area (Å²) >= 11 is 0. The van der Waals surface area contributed by atoms with Gasteiger partial charge in [-0.05, 0) is 26.3 Å². The minimum absolute atomic E-state index is 0. The van der Waals surface area contributed by atoms with Crippen molar-refractivity contribution in [2.75, 3.05) is 26.2 Å². The van der Waals surface area contributed by atoms with E-state index in [0.717, 1.165) is 12.8 Å². The van der Waals surface area contributed by atoms with Crippen LogP contribution in [0.15, 0.2) is 0 Å². The second-order valence-corrected chi connectivity index (χ2v) is 3.22. The van der Waals surface area contributed by atoms with Gasteiger partial charge in [0.25, 0.3) is 0 Å². The predicted molar refractivity (Wildman–Crippen MR) is 80.1 cm³/mol. The summed E-state index contributed by atoms with van der Waals surface area (Å²) in [5.74, 6) is -0.311. The maximum Gasteiger partial charge on any atom is 0.322 e. The van der Waals surface area contributed by atoms with Gasteiger partial charge in [-0.2, -0.15) is 0 Å². The molecule has 1 unspecified atom stereocenters. The van der Waals surface area contributed by atoms with Crippen molar-refractivity contribution in [1.29, 1.82) is 0 Å². The highest BCUT2D eigenvalue weighted by Gasteiger charge is 2.12. The lowest BCUT2D eigenvalue weighted by Gasteiger charge is -2.09. The van der Waals surface area contributed by atoms with E-state index in [1.807, 2.05) is 0 Å². The molecule has 114 valence electrons. The van der Waals surface area contributed by atoms with E-state index in [4.69, 9.17) is 27.7 Å². The van der Waals surface area contributed by atoms with Gasteiger partial charge in [-0.3, -0.25) is 4.79 Å². The first-order chi connectivity index (χ1) is 7.63. The Kier molecular flexibility index (Phi) is 32.5. The standard InChI is InChI=1S/C8H18N2O2.C2H8N2.2ClH/c1-2-12-8(11)7(10)5-3-4-6-9;3-1-2-4;;/h7H,2-6,9-10H2,1H3;1-4H2;2*1H. The molecule has 1 atom stereocenters. The molecule has 0 aromatic rings. The summed E-state index contributed by atoms with van der Waals surface area (Å²) in [5.41, 5.74) is 20.6. The highest BCUT2D eigenvalue weighted by molar-refractivity contribution is 5.85. The van der Waals surface area contributed by atoms with Crippen LogP contribution in [0.2, 0.25) is 0 Å². The number of ether oxygens (including phenoxy) is 1. The highest BCUT2D eigenvalue weighted by Crippen LogP contribution is 1.99. The maximum absolute atomic E-state index is 11.0. The fourth-order valence-electron chi connectivity index (χ4n) is 0.876. The zero-order valence-electron chi connectivity index (χ0n) is 11.0. The Hall–Kier alpha value is -0.110. The number of nitrogens with two attached hydrogens (primary N) is 4. The minimum atomic E-state index is -0.475. The van der Waals surface area contributed by atoms with Crippen LogP contribution < -0.4 is 22.9 Å². The van der Waals surface area contributed by atoms with Crippen molar-refractivity contribution in [3.8, 4) is 0 Å². The largest absolute Gasteiger partial charge is 0.465 e. The molecular formula is C10H28Cl2N4O2. The number of carbonyl (C=O) groups excluding carboxylic acids is 1. The molecule has 0 radical (unpaired) electrons. The second kappa shape index (κ2) is 22.1. The predicted octanol–water partition coefficient (Wildman–Crippen LogP) is -0.247. The Balaban J connectivity index is -0.000000143. The molecule has 0 aliphatic carbocycles. The SMILES string of the molecule is CCOC(=O)C(N)CCCCN.Cl.Cl.NCCN. The summed E-state index contributed by atoms with van der Waals surface area (Å²) in [6.45, 7) is 4.00. The molecular weight excluding hydrogens is 279 g/mol. The lowest BCUT2D eigenvalue weighted by Crippen LogP contribution is -2.32. The van der Waals surface area contributed by atoms with E-state index < -0.39 is 6.04 Å². The highest BCUT2D eigenvalue weighted by atomic mass is 35.5. The average molecular weight is 307 g/mol. The number of carbonyl (C=O) groups is 1. The van der Waals surface area contributed by atoms with E-state index in [1.54, 1.807) is 6.92 Å². The number of rotatable bonds is 7. The van der Waals surface area contributed by atoms with Crippen LogP contribution >= 0.6 is 24.8 Å². The molecule has 0 aromatic carbocycles.